The monoisotopic (exact) mass is 338 g/mol. The van der Waals surface area contributed by atoms with Crippen molar-refractivity contribution in [1.29, 1.82) is 0 Å². The number of sulfonamides is 1. The van der Waals surface area contributed by atoms with Crippen molar-refractivity contribution >= 4 is 27.5 Å². The number of benzene rings is 1. The van der Waals surface area contributed by atoms with Crippen molar-refractivity contribution in [3.8, 4) is 0 Å². The van der Waals surface area contributed by atoms with Crippen molar-refractivity contribution in [2.45, 2.75) is 37.6 Å². The second-order valence-corrected chi connectivity index (χ2v) is 7.38. The molecule has 0 spiro atoms. The quantitative estimate of drug-likeness (QED) is 0.745. The molecule has 1 aromatic carbocycles. The number of nitrogens with two attached hydrogens (primary N) is 1. The van der Waals surface area contributed by atoms with Gasteiger partial charge < -0.3 is 11.1 Å². The van der Waals surface area contributed by atoms with E-state index in [2.05, 4.69) is 15.0 Å². The Labute approximate surface area is 136 Å². The van der Waals surface area contributed by atoms with Gasteiger partial charge in [-0.1, -0.05) is 13.0 Å². The Balaban J connectivity index is 2.14. The van der Waals surface area contributed by atoms with E-state index in [1.54, 1.807) is 26.0 Å². The van der Waals surface area contributed by atoms with Crippen molar-refractivity contribution in [3.05, 3.63) is 24.3 Å². The molecule has 0 saturated heterocycles. The molecule has 1 aliphatic heterocycles. The maximum absolute atomic E-state index is 12.3. The minimum absolute atomic E-state index is 0.0818. The number of amides is 1. The van der Waals surface area contributed by atoms with Crippen molar-refractivity contribution in [3.63, 3.8) is 0 Å². The van der Waals surface area contributed by atoms with Crippen LogP contribution in [0.25, 0.3) is 0 Å². The van der Waals surface area contributed by atoms with Crippen LogP contribution in [0.1, 0.15) is 26.7 Å². The molecular formula is C15H22N4O3S. The van der Waals surface area contributed by atoms with Gasteiger partial charge in [0, 0.05) is 24.7 Å². The Hall–Kier alpha value is -1.93. The van der Waals surface area contributed by atoms with Crippen LogP contribution in [0, 0.1) is 5.92 Å². The third-order valence-electron chi connectivity index (χ3n) is 3.74. The predicted molar refractivity (Wildman–Crippen MR) is 89.7 cm³/mol. The minimum Gasteiger partial charge on any atom is -0.327 e. The van der Waals surface area contributed by atoms with E-state index >= 15 is 0 Å². The fraction of sp³-hybridized carbons (Fsp3) is 0.467. The summed E-state index contributed by atoms with van der Waals surface area (Å²) in [4.78, 5) is 16.2. The topological polar surface area (TPSA) is 114 Å². The van der Waals surface area contributed by atoms with E-state index < -0.39 is 10.0 Å². The molecule has 1 aromatic rings. The van der Waals surface area contributed by atoms with E-state index in [0.717, 1.165) is 6.42 Å². The van der Waals surface area contributed by atoms with E-state index in [9.17, 15) is 13.2 Å². The molecule has 7 nitrogen and oxygen atoms in total. The fourth-order valence-electron chi connectivity index (χ4n) is 2.07. The molecule has 126 valence electrons. The van der Waals surface area contributed by atoms with Gasteiger partial charge in [0.25, 0.3) is 10.0 Å². The van der Waals surface area contributed by atoms with Crippen molar-refractivity contribution in [1.82, 2.24) is 4.72 Å². The number of aliphatic imine (C=N–C) groups is 1. The van der Waals surface area contributed by atoms with Crippen LogP contribution in [-0.4, -0.2) is 32.7 Å². The van der Waals surface area contributed by atoms with Gasteiger partial charge in [-0.3, -0.25) is 14.5 Å². The maximum Gasteiger partial charge on any atom is 0.262 e. The second kappa shape index (κ2) is 7.10. The molecule has 2 atom stereocenters. The molecule has 1 amide bonds. The van der Waals surface area contributed by atoms with E-state index in [-0.39, 0.29) is 22.8 Å². The molecule has 0 aliphatic carbocycles. The molecule has 0 saturated carbocycles. The summed E-state index contributed by atoms with van der Waals surface area (Å²) in [5.41, 5.74) is 6.12. The molecule has 2 unspecified atom stereocenters. The summed E-state index contributed by atoms with van der Waals surface area (Å²) in [7, 11) is -3.70. The standard InChI is InChI=1S/C15H22N4O3S/c1-10(11(2)16)15(20)18-12-5-3-6-13(9-12)23(21,22)19-14-7-4-8-17-14/h3,5-6,9-11H,4,7-8,16H2,1-2H3,(H,17,19)(H,18,20). The van der Waals surface area contributed by atoms with Gasteiger partial charge in [0.1, 0.15) is 5.84 Å². The lowest BCUT2D eigenvalue weighted by Crippen LogP contribution is -2.34. The summed E-state index contributed by atoms with van der Waals surface area (Å²) in [5, 5.41) is 2.69. The number of rotatable bonds is 5. The third-order valence-corrected chi connectivity index (χ3v) is 5.12. The first-order valence-corrected chi connectivity index (χ1v) is 9.00. The van der Waals surface area contributed by atoms with E-state index in [4.69, 9.17) is 5.73 Å². The number of amidine groups is 1. The molecule has 0 fully saturated rings. The first kappa shape index (κ1) is 17.4. The molecule has 0 bridgehead atoms. The number of hydrogen-bond acceptors (Lipinski definition) is 5. The van der Waals surface area contributed by atoms with Gasteiger partial charge in [-0.05, 0) is 31.5 Å². The lowest BCUT2D eigenvalue weighted by molar-refractivity contribution is -0.119. The van der Waals surface area contributed by atoms with Crippen LogP contribution >= 0.6 is 0 Å². The number of hydrogen-bond donors (Lipinski definition) is 3. The van der Waals surface area contributed by atoms with Crippen LogP contribution in [0.15, 0.2) is 34.2 Å². The van der Waals surface area contributed by atoms with Crippen molar-refractivity contribution < 1.29 is 13.2 Å². The summed E-state index contributed by atoms with van der Waals surface area (Å²) in [6, 6.07) is 5.82. The Morgan fingerprint density at radius 2 is 2.09 bits per heavy atom. The van der Waals surface area contributed by atoms with Crippen molar-refractivity contribution in [2.24, 2.45) is 16.6 Å². The van der Waals surface area contributed by atoms with Crippen LogP contribution in [0.4, 0.5) is 5.69 Å². The van der Waals surface area contributed by atoms with Crippen LogP contribution in [-0.2, 0) is 14.8 Å². The van der Waals surface area contributed by atoms with E-state index in [1.165, 1.54) is 12.1 Å². The molecule has 4 N–H and O–H groups in total. The molecule has 23 heavy (non-hydrogen) atoms. The normalized spacial score (nSPS) is 17.3. The van der Waals surface area contributed by atoms with Gasteiger partial charge in [0.15, 0.2) is 0 Å². The third kappa shape index (κ3) is 4.52. The van der Waals surface area contributed by atoms with Crippen LogP contribution < -0.4 is 15.8 Å². The lowest BCUT2D eigenvalue weighted by atomic mass is 10.0. The lowest BCUT2D eigenvalue weighted by Gasteiger charge is -2.16. The van der Waals surface area contributed by atoms with Gasteiger partial charge in [0.05, 0.1) is 10.8 Å². The summed E-state index contributed by atoms with van der Waals surface area (Å²) >= 11 is 0. The van der Waals surface area contributed by atoms with Crippen LogP contribution in [0.5, 0.6) is 0 Å². The number of carbonyl (C=O) groups excluding carboxylic acids is 1. The zero-order valence-electron chi connectivity index (χ0n) is 13.2. The Bertz CT molecular complexity index is 713. The molecule has 1 heterocycles. The van der Waals surface area contributed by atoms with E-state index in [0.29, 0.717) is 24.5 Å². The summed E-state index contributed by atoms with van der Waals surface area (Å²) in [6.45, 7) is 4.11. The van der Waals surface area contributed by atoms with E-state index in [1.807, 2.05) is 0 Å². The Kier molecular flexibility index (Phi) is 5.38. The Morgan fingerprint density at radius 3 is 2.70 bits per heavy atom. The average molecular weight is 338 g/mol. The molecule has 8 heteroatoms. The molecular weight excluding hydrogens is 316 g/mol. The molecule has 2 rings (SSSR count). The smallest absolute Gasteiger partial charge is 0.262 e. The van der Waals surface area contributed by atoms with Gasteiger partial charge in [-0.25, -0.2) is 8.42 Å². The van der Waals surface area contributed by atoms with Gasteiger partial charge in [0.2, 0.25) is 5.91 Å². The number of carbonyl (C=O) groups is 1. The van der Waals surface area contributed by atoms with Gasteiger partial charge >= 0.3 is 0 Å². The van der Waals surface area contributed by atoms with Crippen molar-refractivity contribution in [2.75, 3.05) is 11.9 Å². The highest BCUT2D eigenvalue weighted by atomic mass is 32.2. The first-order valence-electron chi connectivity index (χ1n) is 7.52. The average Bonchev–Trinajstić information content (AvgIpc) is 2.98. The summed E-state index contributed by atoms with van der Waals surface area (Å²) in [6.07, 6.45) is 1.48. The van der Waals surface area contributed by atoms with Gasteiger partial charge in [-0.2, -0.15) is 0 Å². The largest absolute Gasteiger partial charge is 0.327 e. The van der Waals surface area contributed by atoms with Crippen LogP contribution in [0.2, 0.25) is 0 Å². The van der Waals surface area contributed by atoms with Gasteiger partial charge in [-0.15, -0.1) is 0 Å². The number of nitrogens with zero attached hydrogens (tertiary/aromatic N) is 1. The maximum atomic E-state index is 12.3. The summed E-state index contributed by atoms with van der Waals surface area (Å²) in [5.74, 6) is -0.145. The zero-order valence-corrected chi connectivity index (χ0v) is 14.1. The SMILES string of the molecule is CC(N)C(C)C(=O)Nc1cccc(S(=O)(=O)NC2=NCCC2)c1. The van der Waals surface area contributed by atoms with Crippen LogP contribution in [0.3, 0.4) is 0 Å². The molecule has 0 aromatic heterocycles. The minimum atomic E-state index is -3.70. The summed E-state index contributed by atoms with van der Waals surface area (Å²) < 4.78 is 27.2. The highest BCUT2D eigenvalue weighted by Gasteiger charge is 2.20. The zero-order chi connectivity index (χ0) is 17.0. The fourth-order valence-corrected chi connectivity index (χ4v) is 3.21. The predicted octanol–water partition coefficient (Wildman–Crippen LogP) is 1.08. The number of anilines is 1. The molecule has 1 aliphatic rings. The highest BCUT2D eigenvalue weighted by Crippen LogP contribution is 2.17. The first-order chi connectivity index (χ1) is 10.8. The highest BCUT2D eigenvalue weighted by molar-refractivity contribution is 7.90. The Morgan fingerprint density at radius 1 is 1.35 bits per heavy atom. The molecule has 0 radical (unpaired) electrons. The second-order valence-electron chi connectivity index (χ2n) is 5.70. The number of nitrogens with one attached hydrogen (secondary N) is 2.